The minimum atomic E-state index is -3.38. The van der Waals surface area contributed by atoms with E-state index in [1.165, 1.54) is 0 Å². The van der Waals surface area contributed by atoms with Gasteiger partial charge in [-0.05, 0) is 18.9 Å². The number of hydrogen-bond acceptors (Lipinski definition) is 4. The summed E-state index contributed by atoms with van der Waals surface area (Å²) < 4.78 is 25.0. The van der Waals surface area contributed by atoms with Crippen molar-refractivity contribution < 1.29 is 18.6 Å². The van der Waals surface area contributed by atoms with Gasteiger partial charge in [-0.2, -0.15) is 0 Å². The van der Waals surface area contributed by atoms with Crippen LogP contribution in [0.1, 0.15) is 38.0 Å². The first-order valence-electron chi connectivity index (χ1n) is 8.36. The van der Waals surface area contributed by atoms with Crippen molar-refractivity contribution in [2.45, 2.75) is 32.5 Å². The number of hydrogen-bond donors (Lipinski definition) is 1. The van der Waals surface area contributed by atoms with Gasteiger partial charge in [0, 0.05) is 11.6 Å². The Kier molecular flexibility index (Phi) is 7.44. The van der Waals surface area contributed by atoms with E-state index in [1.807, 2.05) is 68.6 Å². The van der Waals surface area contributed by atoms with Crippen molar-refractivity contribution in [2.24, 2.45) is 0 Å². The van der Waals surface area contributed by atoms with Crippen molar-refractivity contribution in [3.8, 4) is 0 Å². The molecule has 2 aromatic rings. The molecule has 2 rings (SSSR count). The minimum Gasteiger partial charge on any atom is -0.305 e. The lowest BCUT2D eigenvalue weighted by atomic mass is 10.2. The van der Waals surface area contributed by atoms with Crippen LogP contribution in [0.25, 0.3) is 0 Å². The Morgan fingerprint density at radius 3 is 2.17 bits per heavy atom. The second kappa shape index (κ2) is 9.58. The molecule has 5 nitrogen and oxygen atoms in total. The first-order valence-corrected chi connectivity index (χ1v) is 9.97. The molecule has 0 aliphatic carbocycles. The van der Waals surface area contributed by atoms with Crippen molar-refractivity contribution in [3.63, 3.8) is 0 Å². The summed E-state index contributed by atoms with van der Waals surface area (Å²) in [7, 11) is -3.38. The average Bonchev–Trinajstić information content (AvgIpc) is 2.64. The lowest BCUT2D eigenvalue weighted by molar-refractivity contribution is -0.361. The predicted molar refractivity (Wildman–Crippen MR) is 95.9 cm³/mol. The second-order valence-corrected chi connectivity index (χ2v) is 7.55. The fraction of sp³-hybridized carbons (Fsp3) is 0.389. The molecular formula is C18H26N2O3P+. The van der Waals surface area contributed by atoms with Gasteiger partial charge in [-0.1, -0.05) is 50.2 Å². The molecule has 0 aliphatic rings. The van der Waals surface area contributed by atoms with Crippen molar-refractivity contribution in [3.05, 3.63) is 60.3 Å². The van der Waals surface area contributed by atoms with Crippen LogP contribution < -0.4 is 10.3 Å². The van der Waals surface area contributed by atoms with Crippen LogP contribution >= 0.6 is 7.60 Å². The normalized spacial score (nSPS) is 12.8. The van der Waals surface area contributed by atoms with E-state index >= 15 is 0 Å². The molecule has 0 amide bonds. The third kappa shape index (κ3) is 5.17. The maximum atomic E-state index is 13.5. The third-order valence-corrected chi connectivity index (χ3v) is 5.53. The van der Waals surface area contributed by atoms with Crippen LogP contribution in [0.2, 0.25) is 0 Å². The molecule has 0 unspecified atom stereocenters. The molecule has 1 heterocycles. The molecule has 1 atom stereocenters. The highest BCUT2D eigenvalue weighted by Crippen LogP contribution is 2.60. The number of rotatable bonds is 10. The standard InChI is InChI=1S/C18H25N2O3P/c1-3-14-22-24(21,23-15-4-2)18(16-10-6-5-7-11-16)20-17-12-8-9-13-19-17/h5-13,18H,3-4,14-15H2,1-2H3,(H,19,20)/p+1/t18-/m0/s1. The largest absolute Gasteiger partial charge is 0.379 e. The Bertz CT molecular complexity index is 625. The zero-order valence-electron chi connectivity index (χ0n) is 14.3. The van der Waals surface area contributed by atoms with Gasteiger partial charge < -0.3 is 9.05 Å². The number of aromatic nitrogens is 1. The molecule has 0 fully saturated rings. The average molecular weight is 349 g/mol. The van der Waals surface area contributed by atoms with Crippen molar-refractivity contribution in [1.82, 2.24) is 0 Å². The Morgan fingerprint density at radius 2 is 1.62 bits per heavy atom. The lowest BCUT2D eigenvalue weighted by Gasteiger charge is -2.25. The molecule has 6 heteroatoms. The van der Waals surface area contributed by atoms with E-state index in [0.717, 1.165) is 24.2 Å². The highest BCUT2D eigenvalue weighted by Gasteiger charge is 2.41. The Labute approximate surface area is 144 Å². The van der Waals surface area contributed by atoms with Gasteiger partial charge in [-0.3, -0.25) is 9.88 Å². The molecular weight excluding hydrogens is 323 g/mol. The molecule has 1 aromatic heterocycles. The highest BCUT2D eigenvalue weighted by atomic mass is 31.2. The third-order valence-electron chi connectivity index (χ3n) is 3.38. The quantitative estimate of drug-likeness (QED) is 0.634. The number of benzene rings is 1. The molecule has 0 saturated carbocycles. The van der Waals surface area contributed by atoms with Crippen LogP contribution in [0, 0.1) is 0 Å². The molecule has 24 heavy (non-hydrogen) atoms. The van der Waals surface area contributed by atoms with Crippen LogP contribution in [0.3, 0.4) is 0 Å². The fourth-order valence-electron chi connectivity index (χ4n) is 2.23. The number of anilines is 1. The maximum Gasteiger partial charge on any atom is 0.379 e. The first kappa shape index (κ1) is 18.7. The van der Waals surface area contributed by atoms with Crippen LogP contribution in [0.15, 0.2) is 54.7 Å². The molecule has 0 aliphatic heterocycles. The molecule has 0 spiro atoms. The van der Waals surface area contributed by atoms with Gasteiger partial charge in [0.15, 0.2) is 0 Å². The van der Waals surface area contributed by atoms with Crippen molar-refractivity contribution in [1.29, 1.82) is 0 Å². The number of H-pyrrole nitrogens is 1. The zero-order valence-corrected chi connectivity index (χ0v) is 15.2. The fourth-order valence-corrected chi connectivity index (χ4v) is 4.32. The summed E-state index contributed by atoms with van der Waals surface area (Å²) in [5.41, 5.74) is 0.866. The molecule has 1 aromatic carbocycles. The van der Waals surface area contributed by atoms with Crippen LogP contribution in [-0.4, -0.2) is 13.2 Å². The predicted octanol–water partition coefficient (Wildman–Crippen LogP) is 4.66. The van der Waals surface area contributed by atoms with Gasteiger partial charge in [0.1, 0.15) is 0 Å². The molecule has 0 radical (unpaired) electrons. The summed E-state index contributed by atoms with van der Waals surface area (Å²) >= 11 is 0. The Morgan fingerprint density at radius 1 is 1.00 bits per heavy atom. The maximum absolute atomic E-state index is 13.5. The zero-order chi connectivity index (χ0) is 17.3. The molecule has 0 bridgehead atoms. The van der Waals surface area contributed by atoms with E-state index in [9.17, 15) is 4.57 Å². The summed E-state index contributed by atoms with van der Waals surface area (Å²) in [6, 6.07) is 15.3. The van der Waals surface area contributed by atoms with E-state index in [2.05, 4.69) is 10.3 Å². The van der Waals surface area contributed by atoms with E-state index in [0.29, 0.717) is 13.2 Å². The number of nitrogens with one attached hydrogen (secondary N) is 2. The van der Waals surface area contributed by atoms with Gasteiger partial charge in [-0.15, -0.1) is 0 Å². The van der Waals surface area contributed by atoms with E-state index in [-0.39, 0.29) is 0 Å². The van der Waals surface area contributed by atoms with E-state index < -0.39 is 13.4 Å². The van der Waals surface area contributed by atoms with Gasteiger partial charge in [0.25, 0.3) is 5.82 Å². The monoisotopic (exact) mass is 349 g/mol. The Hall–Kier alpha value is -1.68. The van der Waals surface area contributed by atoms with Crippen molar-refractivity contribution >= 4 is 13.4 Å². The minimum absolute atomic E-state index is 0.393. The molecule has 2 N–H and O–H groups in total. The van der Waals surface area contributed by atoms with Crippen LogP contribution in [-0.2, 0) is 13.6 Å². The number of aromatic amines is 1. The second-order valence-electron chi connectivity index (χ2n) is 5.44. The Balaban J connectivity index is 2.35. The van der Waals surface area contributed by atoms with E-state index in [4.69, 9.17) is 9.05 Å². The summed E-state index contributed by atoms with van der Waals surface area (Å²) in [4.78, 5) is 3.11. The van der Waals surface area contributed by atoms with Gasteiger partial charge in [0.05, 0.1) is 19.4 Å². The molecule has 0 saturated heterocycles. The number of pyridine rings is 1. The van der Waals surface area contributed by atoms with Crippen LogP contribution in [0.5, 0.6) is 0 Å². The highest BCUT2D eigenvalue weighted by molar-refractivity contribution is 7.54. The van der Waals surface area contributed by atoms with Gasteiger partial charge in [-0.25, -0.2) is 4.98 Å². The summed E-state index contributed by atoms with van der Waals surface area (Å²) in [6.07, 6.45) is 3.37. The SMILES string of the molecule is CCCOP(=O)(OCCC)[C@H](Nc1cccc[nH+]1)c1ccccc1. The van der Waals surface area contributed by atoms with Gasteiger partial charge >= 0.3 is 7.60 Å². The van der Waals surface area contributed by atoms with Crippen LogP contribution in [0.4, 0.5) is 5.82 Å². The first-order chi connectivity index (χ1) is 11.7. The van der Waals surface area contributed by atoms with Crippen molar-refractivity contribution in [2.75, 3.05) is 18.5 Å². The summed E-state index contributed by atoms with van der Waals surface area (Å²) in [5.74, 6) is 0.183. The smallest absolute Gasteiger partial charge is 0.305 e. The molecule has 130 valence electrons. The topological polar surface area (TPSA) is 61.7 Å². The summed E-state index contributed by atoms with van der Waals surface area (Å²) in [5, 5.41) is 3.29. The lowest BCUT2D eigenvalue weighted by Crippen LogP contribution is -2.20. The van der Waals surface area contributed by atoms with Gasteiger partial charge in [0.2, 0.25) is 5.78 Å². The van der Waals surface area contributed by atoms with E-state index in [1.54, 1.807) is 0 Å². The summed E-state index contributed by atoms with van der Waals surface area (Å²) in [6.45, 7) is 4.76.